The summed E-state index contributed by atoms with van der Waals surface area (Å²) in [7, 11) is 0. The van der Waals surface area contributed by atoms with Crippen LogP contribution in [0.25, 0.3) is 0 Å². The van der Waals surface area contributed by atoms with E-state index in [9.17, 15) is 4.79 Å². The number of carbonyl (C=O) groups excluding carboxylic acids is 1. The van der Waals surface area contributed by atoms with E-state index in [0.29, 0.717) is 0 Å². The molecule has 2 nitrogen and oxygen atoms in total. The first-order chi connectivity index (χ1) is 5.41. The van der Waals surface area contributed by atoms with Crippen LogP contribution in [-0.2, 0) is 4.79 Å². The summed E-state index contributed by atoms with van der Waals surface area (Å²) in [5.74, 6) is 0. The first kappa shape index (κ1) is 10.5. The molecule has 64 valence electrons. The van der Waals surface area contributed by atoms with Crippen LogP contribution in [0.15, 0.2) is 0 Å². The van der Waals surface area contributed by atoms with Gasteiger partial charge in [-0.1, -0.05) is 39.0 Å². The van der Waals surface area contributed by atoms with Crippen molar-refractivity contribution in [2.24, 2.45) is 0 Å². The van der Waals surface area contributed by atoms with Gasteiger partial charge >= 0.3 is 6.41 Å². The molecule has 0 aliphatic heterocycles. The van der Waals surface area contributed by atoms with Crippen LogP contribution in [0.3, 0.4) is 0 Å². The van der Waals surface area contributed by atoms with Gasteiger partial charge in [0.05, 0.1) is 0 Å². The van der Waals surface area contributed by atoms with Gasteiger partial charge in [0.2, 0.25) is 0 Å². The van der Waals surface area contributed by atoms with Crippen molar-refractivity contribution in [3.8, 4) is 0 Å². The number of nitrogens with one attached hydrogen (secondary N) is 1. The van der Waals surface area contributed by atoms with E-state index in [-0.39, 0.29) is 0 Å². The third kappa shape index (κ3) is 9.47. The molecule has 0 aliphatic rings. The van der Waals surface area contributed by atoms with E-state index >= 15 is 0 Å². The first-order valence-corrected chi connectivity index (χ1v) is 4.31. The van der Waals surface area contributed by atoms with Crippen molar-refractivity contribution in [2.75, 3.05) is 6.54 Å². The second-order valence-corrected chi connectivity index (χ2v) is 2.65. The number of rotatable bonds is 8. The predicted molar refractivity (Wildman–Crippen MR) is 46.8 cm³/mol. The van der Waals surface area contributed by atoms with Crippen molar-refractivity contribution in [2.45, 2.75) is 38.5 Å². The van der Waals surface area contributed by atoms with Crippen LogP contribution in [0.5, 0.6) is 0 Å². The Morgan fingerprint density at radius 3 is 2.36 bits per heavy atom. The average Bonchev–Trinajstić information content (AvgIpc) is 2.03. The smallest absolute Gasteiger partial charge is 0.309 e. The van der Waals surface area contributed by atoms with E-state index in [1.807, 2.05) is 0 Å². The minimum absolute atomic E-state index is 0.772. The molecule has 1 amide bonds. The maximum absolute atomic E-state index is 9.70. The highest BCUT2D eigenvalue weighted by Crippen LogP contribution is 2.03. The van der Waals surface area contributed by atoms with Crippen LogP contribution in [0.4, 0.5) is 0 Å². The summed E-state index contributed by atoms with van der Waals surface area (Å²) in [4.78, 5) is 9.70. The zero-order valence-electron chi connectivity index (χ0n) is 7.07. The van der Waals surface area contributed by atoms with Crippen molar-refractivity contribution >= 4 is 6.41 Å². The highest BCUT2D eigenvalue weighted by Gasteiger charge is 1.88. The van der Waals surface area contributed by atoms with Crippen LogP contribution >= 0.6 is 0 Å². The van der Waals surface area contributed by atoms with Gasteiger partial charge in [-0.2, -0.15) is 0 Å². The van der Waals surface area contributed by atoms with E-state index in [2.05, 4.69) is 12.2 Å². The van der Waals surface area contributed by atoms with Crippen LogP contribution in [-0.4, -0.2) is 13.0 Å². The van der Waals surface area contributed by atoms with E-state index in [0.717, 1.165) is 19.4 Å². The second kappa shape index (κ2) is 9.47. The average molecular weight is 155 g/mol. The molecule has 0 rings (SSSR count). The number of hydrogen-bond donors (Lipinski definition) is 1. The minimum Gasteiger partial charge on any atom is -0.348 e. The maximum Gasteiger partial charge on any atom is 0.309 e. The summed E-state index contributed by atoms with van der Waals surface area (Å²) in [6, 6.07) is 0. The Kier molecular flexibility index (Phi) is 9.01. The fraction of sp³-hybridized carbons (Fsp3) is 0.778. The lowest BCUT2D eigenvalue weighted by Crippen LogP contribution is -2.11. The summed E-state index contributed by atoms with van der Waals surface area (Å²) < 4.78 is 0. The Hall–Kier alpha value is -0.530. The van der Waals surface area contributed by atoms with Gasteiger partial charge in [0.25, 0.3) is 0 Å². The molecule has 0 heterocycles. The number of amides is 1. The van der Waals surface area contributed by atoms with Gasteiger partial charge in [-0.3, -0.25) is 4.79 Å². The zero-order valence-corrected chi connectivity index (χ0v) is 7.07. The van der Waals surface area contributed by atoms with Crippen molar-refractivity contribution < 1.29 is 4.79 Å². The Bertz CT molecular complexity index is 83.6. The molecule has 0 saturated heterocycles. The van der Waals surface area contributed by atoms with Gasteiger partial charge in [0.1, 0.15) is 0 Å². The van der Waals surface area contributed by atoms with Gasteiger partial charge in [0.15, 0.2) is 0 Å². The van der Waals surface area contributed by atoms with Crippen LogP contribution in [0.2, 0.25) is 0 Å². The third-order valence-corrected chi connectivity index (χ3v) is 1.62. The summed E-state index contributed by atoms with van der Waals surface area (Å²) in [5.41, 5.74) is 0. The largest absolute Gasteiger partial charge is 0.348 e. The fourth-order valence-corrected chi connectivity index (χ4v) is 0.972. The topological polar surface area (TPSA) is 29.1 Å². The molecule has 0 aliphatic carbocycles. The third-order valence-electron chi connectivity index (χ3n) is 1.62. The molecule has 0 aromatic carbocycles. The molecule has 0 aromatic rings. The lowest BCUT2D eigenvalue weighted by atomic mass is 10.1. The number of unbranched alkanes of at least 4 members (excludes halogenated alkanes) is 5. The quantitative estimate of drug-likeness (QED) is 0.420. The van der Waals surface area contributed by atoms with Crippen molar-refractivity contribution in [1.82, 2.24) is 5.32 Å². The van der Waals surface area contributed by atoms with Gasteiger partial charge in [-0.25, -0.2) is 0 Å². The molecule has 2 radical (unpaired) electrons. The van der Waals surface area contributed by atoms with Crippen molar-refractivity contribution in [3.05, 3.63) is 6.92 Å². The highest BCUT2D eigenvalue weighted by atomic mass is 16.1. The first-order valence-electron chi connectivity index (χ1n) is 4.31. The monoisotopic (exact) mass is 155 g/mol. The normalized spacial score (nSPS) is 9.55. The van der Waals surface area contributed by atoms with Crippen LogP contribution in [0.1, 0.15) is 38.5 Å². The van der Waals surface area contributed by atoms with Gasteiger partial charge in [-0.15, -0.1) is 0 Å². The van der Waals surface area contributed by atoms with Crippen LogP contribution < -0.4 is 5.32 Å². The van der Waals surface area contributed by atoms with Crippen molar-refractivity contribution in [3.63, 3.8) is 0 Å². The summed E-state index contributed by atoms with van der Waals surface area (Å²) >= 11 is 0. The molecule has 0 fully saturated rings. The Labute approximate surface area is 69.4 Å². The Morgan fingerprint density at radius 2 is 1.73 bits per heavy atom. The van der Waals surface area contributed by atoms with E-state index in [4.69, 9.17) is 0 Å². The molecular formula is C9H17NO. The molecule has 0 atom stereocenters. The van der Waals surface area contributed by atoms with Gasteiger partial charge in [0, 0.05) is 6.54 Å². The summed E-state index contributed by atoms with van der Waals surface area (Å²) in [6.45, 7) is 4.54. The van der Waals surface area contributed by atoms with E-state index in [1.165, 1.54) is 25.7 Å². The predicted octanol–water partition coefficient (Wildman–Crippen LogP) is 1.82. The molecule has 0 spiro atoms. The van der Waals surface area contributed by atoms with Crippen LogP contribution in [0, 0.1) is 6.92 Å². The van der Waals surface area contributed by atoms with Gasteiger partial charge < -0.3 is 5.32 Å². The summed E-state index contributed by atoms with van der Waals surface area (Å²) in [5, 5.41) is 2.52. The molecule has 0 bridgehead atoms. The second-order valence-electron chi connectivity index (χ2n) is 2.65. The van der Waals surface area contributed by atoms with E-state index < -0.39 is 0 Å². The van der Waals surface area contributed by atoms with Gasteiger partial charge in [-0.05, 0) is 6.42 Å². The molecule has 0 saturated carbocycles. The molecule has 0 aromatic heterocycles. The fourth-order valence-electron chi connectivity index (χ4n) is 0.972. The molecular weight excluding hydrogens is 138 g/mol. The summed E-state index contributed by atoms with van der Waals surface area (Å²) in [6.07, 6.45) is 8.74. The lowest BCUT2D eigenvalue weighted by Gasteiger charge is -1.98. The Morgan fingerprint density at radius 1 is 1.09 bits per heavy atom. The molecule has 2 heteroatoms. The molecule has 1 N–H and O–H groups in total. The minimum atomic E-state index is 0.772. The highest BCUT2D eigenvalue weighted by molar-refractivity contribution is 5.46. The standard InChI is InChI=1S/C9H17NO/c1-2-3-4-5-6-7-8-10-9-11/h1-8H2,(H,10,11). The lowest BCUT2D eigenvalue weighted by molar-refractivity contribution is 0.535. The molecule has 0 unspecified atom stereocenters. The SMILES string of the molecule is [CH2]CCCCCCCN[C]=O. The van der Waals surface area contributed by atoms with Crippen molar-refractivity contribution in [1.29, 1.82) is 0 Å². The maximum atomic E-state index is 9.70. The van der Waals surface area contributed by atoms with E-state index in [1.54, 1.807) is 6.41 Å². The number of hydrogen-bond acceptors (Lipinski definition) is 1. The zero-order chi connectivity index (χ0) is 8.36. The molecule has 11 heavy (non-hydrogen) atoms. The Balaban J connectivity index is 2.74.